The Labute approximate surface area is 130 Å². The van der Waals surface area contributed by atoms with Crippen LogP contribution in [0.25, 0.3) is 0 Å². The van der Waals surface area contributed by atoms with Gasteiger partial charge in [-0.2, -0.15) is 26.7 Å². The quantitative estimate of drug-likeness (QED) is 0.799. The third kappa shape index (κ3) is 3.69. The van der Waals surface area contributed by atoms with Gasteiger partial charge in [-0.15, -0.1) is 0 Å². The molecule has 1 heterocycles. The first-order valence-electron chi connectivity index (χ1n) is 5.84. The summed E-state index contributed by atoms with van der Waals surface area (Å²) in [5, 5.41) is 2.68. The molecule has 0 spiro atoms. The third-order valence-corrected chi connectivity index (χ3v) is 3.92. The average Bonchev–Trinajstić information content (AvgIpc) is 2.26. The minimum atomic E-state index is -4.34. The lowest BCUT2D eigenvalue weighted by molar-refractivity contribution is -0.190. The van der Waals surface area contributed by atoms with E-state index in [0.717, 1.165) is 4.47 Å². The van der Waals surface area contributed by atoms with E-state index in [1.807, 2.05) is 0 Å². The molecular weight excluding hydrogens is 355 g/mol. The average molecular weight is 370 g/mol. The van der Waals surface area contributed by atoms with Crippen LogP contribution in [0.2, 0.25) is 0 Å². The molecule has 2 nitrogen and oxygen atoms in total. The van der Waals surface area contributed by atoms with Gasteiger partial charge in [0.1, 0.15) is 0 Å². The van der Waals surface area contributed by atoms with Gasteiger partial charge in [-0.05, 0) is 31.0 Å². The van der Waals surface area contributed by atoms with E-state index in [9.17, 15) is 18.0 Å². The third-order valence-electron chi connectivity index (χ3n) is 3.43. The van der Waals surface area contributed by atoms with Crippen LogP contribution >= 0.6 is 29.4 Å². The van der Waals surface area contributed by atoms with Crippen LogP contribution in [0.4, 0.5) is 13.2 Å². The summed E-state index contributed by atoms with van der Waals surface area (Å²) in [5.41, 5.74) is -0.316. The Balaban J connectivity index is 0.00000200. The van der Waals surface area contributed by atoms with Crippen LogP contribution in [0.15, 0.2) is 28.7 Å². The van der Waals surface area contributed by atoms with E-state index in [2.05, 4.69) is 21.2 Å². The van der Waals surface area contributed by atoms with E-state index in [1.54, 1.807) is 31.2 Å². The van der Waals surface area contributed by atoms with Gasteiger partial charge in [-0.25, -0.2) is 0 Å². The molecule has 1 amide bonds. The van der Waals surface area contributed by atoms with Crippen LogP contribution in [0.3, 0.4) is 0 Å². The number of hydrogen-bond donors (Lipinski definition) is 1. The summed E-state index contributed by atoms with van der Waals surface area (Å²) in [6, 6.07) is 7.00. The molecular formula is C13H15BrF3NOS. The largest absolute Gasteiger partial charge is 0.392 e. The summed E-state index contributed by atoms with van der Waals surface area (Å²) in [5.74, 6) is -2.15. The number of nitrogens with one attached hydrogen (secondary N) is 1. The Bertz CT molecular complexity index is 509. The maximum absolute atomic E-state index is 12.9. The van der Waals surface area contributed by atoms with Crippen LogP contribution in [0.1, 0.15) is 25.3 Å². The van der Waals surface area contributed by atoms with E-state index in [-0.39, 0.29) is 19.9 Å². The summed E-state index contributed by atoms with van der Waals surface area (Å²) in [6.45, 7) is 1.63. The van der Waals surface area contributed by atoms with Crippen molar-refractivity contribution in [1.82, 2.24) is 5.32 Å². The van der Waals surface area contributed by atoms with Gasteiger partial charge in [-0.3, -0.25) is 4.79 Å². The van der Waals surface area contributed by atoms with Crippen LogP contribution < -0.4 is 5.32 Å². The number of benzene rings is 1. The first-order valence-corrected chi connectivity index (χ1v) is 6.64. The number of rotatable bonds is 1. The number of alkyl halides is 3. The molecule has 1 N–H and O–H groups in total. The second-order valence-electron chi connectivity index (χ2n) is 5.04. The SMILES string of the molecule is CC1(c2cccc(Br)c2)CC(C(F)(F)F)CC(=O)N1.S. The summed E-state index contributed by atoms with van der Waals surface area (Å²) in [4.78, 5) is 11.6. The predicted octanol–water partition coefficient (Wildman–Crippen LogP) is 3.87. The van der Waals surface area contributed by atoms with Crippen molar-refractivity contribution in [2.45, 2.75) is 31.5 Å². The van der Waals surface area contributed by atoms with E-state index < -0.39 is 30.0 Å². The van der Waals surface area contributed by atoms with Crippen molar-refractivity contribution in [1.29, 1.82) is 0 Å². The van der Waals surface area contributed by atoms with Crippen molar-refractivity contribution >= 4 is 35.3 Å². The molecule has 20 heavy (non-hydrogen) atoms. The summed E-state index contributed by atoms with van der Waals surface area (Å²) >= 11 is 3.29. The van der Waals surface area contributed by atoms with Gasteiger partial charge in [0.25, 0.3) is 0 Å². The van der Waals surface area contributed by atoms with Crippen molar-refractivity contribution in [3.8, 4) is 0 Å². The fraction of sp³-hybridized carbons (Fsp3) is 0.462. The van der Waals surface area contributed by atoms with Crippen molar-refractivity contribution in [3.63, 3.8) is 0 Å². The van der Waals surface area contributed by atoms with E-state index in [4.69, 9.17) is 0 Å². The van der Waals surface area contributed by atoms with Crippen LogP contribution in [-0.4, -0.2) is 12.1 Å². The summed E-state index contributed by atoms with van der Waals surface area (Å²) in [6.07, 6.45) is -4.98. The zero-order valence-corrected chi connectivity index (χ0v) is 13.3. The zero-order valence-electron chi connectivity index (χ0n) is 10.7. The van der Waals surface area contributed by atoms with Gasteiger partial charge < -0.3 is 5.32 Å². The Morgan fingerprint density at radius 3 is 2.60 bits per heavy atom. The molecule has 1 aliphatic rings. The molecule has 1 aromatic carbocycles. The zero-order chi connectivity index (χ0) is 14.3. The minimum Gasteiger partial charge on any atom is -0.347 e. The van der Waals surface area contributed by atoms with Crippen molar-refractivity contribution in [3.05, 3.63) is 34.3 Å². The number of piperidine rings is 1. The smallest absolute Gasteiger partial charge is 0.347 e. The van der Waals surface area contributed by atoms with Crippen LogP contribution in [0, 0.1) is 5.92 Å². The summed E-state index contributed by atoms with van der Waals surface area (Å²) < 4.78 is 39.4. The number of carbonyl (C=O) groups excluding carboxylic acids is 1. The second kappa shape index (κ2) is 5.97. The monoisotopic (exact) mass is 369 g/mol. The van der Waals surface area contributed by atoms with E-state index in [0.29, 0.717) is 5.56 Å². The second-order valence-corrected chi connectivity index (χ2v) is 5.95. The van der Waals surface area contributed by atoms with Gasteiger partial charge in [0, 0.05) is 10.9 Å². The van der Waals surface area contributed by atoms with Crippen molar-refractivity contribution in [2.75, 3.05) is 0 Å². The standard InChI is InChI=1S/C13H13BrF3NO.H2S/c1-12(8-3-2-4-10(14)5-8)7-9(13(15,16)17)6-11(19)18-12;/h2-5,9H,6-7H2,1H3,(H,18,19);1H2. The molecule has 7 heteroatoms. The molecule has 0 aliphatic carbocycles. The van der Waals surface area contributed by atoms with Crippen LogP contribution in [-0.2, 0) is 10.3 Å². The highest BCUT2D eigenvalue weighted by atomic mass is 79.9. The Morgan fingerprint density at radius 2 is 2.05 bits per heavy atom. The fourth-order valence-electron chi connectivity index (χ4n) is 2.45. The normalized spacial score (nSPS) is 26.6. The maximum Gasteiger partial charge on any atom is 0.392 e. The molecule has 2 atom stereocenters. The van der Waals surface area contributed by atoms with Gasteiger partial charge in [-0.1, -0.05) is 28.1 Å². The molecule has 0 saturated carbocycles. The lowest BCUT2D eigenvalue weighted by atomic mass is 9.78. The molecule has 1 aromatic rings. The molecule has 1 aliphatic heterocycles. The van der Waals surface area contributed by atoms with E-state index >= 15 is 0 Å². The molecule has 112 valence electrons. The Morgan fingerprint density at radius 1 is 1.40 bits per heavy atom. The highest BCUT2D eigenvalue weighted by Gasteiger charge is 2.48. The molecule has 1 fully saturated rings. The Hall–Kier alpha value is -0.690. The molecule has 2 rings (SSSR count). The molecule has 0 radical (unpaired) electrons. The number of carbonyl (C=O) groups is 1. The topological polar surface area (TPSA) is 29.1 Å². The lowest BCUT2D eigenvalue weighted by Crippen LogP contribution is -2.52. The number of halogens is 4. The van der Waals surface area contributed by atoms with E-state index in [1.165, 1.54) is 0 Å². The summed E-state index contributed by atoms with van der Waals surface area (Å²) in [7, 11) is 0. The molecule has 2 unspecified atom stereocenters. The number of amides is 1. The van der Waals surface area contributed by atoms with Crippen molar-refractivity contribution < 1.29 is 18.0 Å². The van der Waals surface area contributed by atoms with Crippen molar-refractivity contribution in [2.24, 2.45) is 5.92 Å². The maximum atomic E-state index is 12.9. The molecule has 0 aromatic heterocycles. The van der Waals surface area contributed by atoms with Gasteiger partial charge in [0.05, 0.1) is 11.5 Å². The first kappa shape index (κ1) is 17.4. The minimum absolute atomic E-state index is 0. The number of hydrogen-bond acceptors (Lipinski definition) is 1. The van der Waals surface area contributed by atoms with Gasteiger partial charge in [0.2, 0.25) is 5.91 Å². The van der Waals surface area contributed by atoms with Crippen LogP contribution in [0.5, 0.6) is 0 Å². The first-order chi connectivity index (χ1) is 8.71. The lowest BCUT2D eigenvalue weighted by Gasteiger charge is -2.40. The van der Waals surface area contributed by atoms with Gasteiger partial charge >= 0.3 is 6.18 Å². The Kier molecular flexibility index (Phi) is 5.18. The van der Waals surface area contributed by atoms with Gasteiger partial charge in [0.15, 0.2) is 0 Å². The molecule has 0 bridgehead atoms. The highest BCUT2D eigenvalue weighted by Crippen LogP contribution is 2.41. The molecule has 1 saturated heterocycles. The predicted molar refractivity (Wildman–Crippen MR) is 78.8 cm³/mol. The fourth-order valence-corrected chi connectivity index (χ4v) is 2.85. The highest BCUT2D eigenvalue weighted by molar-refractivity contribution is 9.10.